The van der Waals surface area contributed by atoms with Gasteiger partial charge >= 0.3 is 0 Å². The van der Waals surface area contributed by atoms with Crippen LogP contribution in [0.1, 0.15) is 19.4 Å². The molecule has 1 amide bonds. The Bertz CT molecular complexity index is 1060. The third-order valence-electron chi connectivity index (χ3n) is 3.79. The van der Waals surface area contributed by atoms with Crippen molar-refractivity contribution in [1.29, 1.82) is 5.26 Å². The quantitative estimate of drug-likeness (QED) is 0.703. The number of ether oxygens (including phenoxy) is 1. The minimum atomic E-state index is -0.394. The number of amides is 1. The number of aromatic nitrogens is 1. The van der Waals surface area contributed by atoms with Crippen LogP contribution in [0.2, 0.25) is 0 Å². The number of carbonyl (C=O) groups is 1. The van der Waals surface area contributed by atoms with Crippen molar-refractivity contribution in [3.05, 3.63) is 54.0 Å². The first-order chi connectivity index (χ1) is 13.0. The van der Waals surface area contributed by atoms with Crippen molar-refractivity contribution in [1.82, 2.24) is 4.98 Å². The number of pyridine rings is 1. The van der Waals surface area contributed by atoms with Crippen LogP contribution in [0.4, 0.5) is 21.5 Å². The highest BCUT2D eigenvalue weighted by Gasteiger charge is 2.15. The van der Waals surface area contributed by atoms with Gasteiger partial charge in [0, 0.05) is 30.3 Å². The molecule has 0 radical (unpaired) electrons. The number of fused-ring (bicyclic) bond motifs is 1. The summed E-state index contributed by atoms with van der Waals surface area (Å²) in [6.07, 6.45) is 1.44. The predicted molar refractivity (Wildman–Crippen MR) is 102 cm³/mol. The van der Waals surface area contributed by atoms with Crippen LogP contribution in [0.15, 0.2) is 42.6 Å². The summed E-state index contributed by atoms with van der Waals surface area (Å²) in [6, 6.07) is 11.4. The number of nitrogens with zero attached hydrogens (tertiary/aromatic N) is 2. The molecule has 0 aliphatic rings. The number of rotatable bonds is 5. The van der Waals surface area contributed by atoms with E-state index >= 15 is 0 Å². The molecule has 136 valence electrons. The van der Waals surface area contributed by atoms with Gasteiger partial charge in [-0.05, 0) is 31.2 Å². The summed E-state index contributed by atoms with van der Waals surface area (Å²) in [5.41, 5.74) is 2.31. The van der Waals surface area contributed by atoms with Gasteiger partial charge < -0.3 is 15.4 Å². The molecule has 3 rings (SSSR count). The fourth-order valence-corrected chi connectivity index (χ4v) is 2.71. The van der Waals surface area contributed by atoms with Crippen LogP contribution in [0.3, 0.4) is 0 Å². The van der Waals surface area contributed by atoms with E-state index < -0.39 is 5.82 Å². The Morgan fingerprint density at radius 2 is 2.15 bits per heavy atom. The molecule has 2 aromatic carbocycles. The maximum absolute atomic E-state index is 13.5. The average Bonchev–Trinajstić information content (AvgIpc) is 2.62. The third-order valence-corrected chi connectivity index (χ3v) is 3.79. The number of anilines is 3. The van der Waals surface area contributed by atoms with E-state index in [2.05, 4.69) is 21.7 Å². The molecule has 0 atom stereocenters. The zero-order chi connectivity index (χ0) is 19.4. The van der Waals surface area contributed by atoms with Gasteiger partial charge in [0.1, 0.15) is 17.6 Å². The summed E-state index contributed by atoms with van der Waals surface area (Å²) in [5.74, 6) is -0.164. The van der Waals surface area contributed by atoms with E-state index in [0.717, 1.165) is 0 Å². The van der Waals surface area contributed by atoms with Crippen LogP contribution < -0.4 is 15.4 Å². The van der Waals surface area contributed by atoms with E-state index in [1.54, 1.807) is 24.3 Å². The van der Waals surface area contributed by atoms with Crippen molar-refractivity contribution < 1.29 is 13.9 Å². The zero-order valence-corrected chi connectivity index (χ0v) is 14.8. The Morgan fingerprint density at radius 1 is 1.33 bits per heavy atom. The van der Waals surface area contributed by atoms with Gasteiger partial charge in [-0.1, -0.05) is 6.07 Å². The molecule has 1 heterocycles. The van der Waals surface area contributed by atoms with E-state index in [1.807, 2.05) is 6.92 Å². The molecule has 0 aliphatic heterocycles. The standard InChI is InChI=1S/C20H17FN4O2/c1-3-27-19-9-17-16(8-18(19)24-12(2)26)20(13(10-22)11-23-17)25-15-6-4-5-14(21)7-15/h4-9,11H,3H2,1-2H3,(H,23,25)(H,24,26). The highest BCUT2D eigenvalue weighted by atomic mass is 19.1. The first kappa shape index (κ1) is 18.1. The average molecular weight is 364 g/mol. The third kappa shape index (κ3) is 3.96. The number of hydrogen-bond donors (Lipinski definition) is 2. The summed E-state index contributed by atoms with van der Waals surface area (Å²) in [5, 5.41) is 15.9. The molecule has 27 heavy (non-hydrogen) atoms. The van der Waals surface area contributed by atoms with E-state index in [-0.39, 0.29) is 5.91 Å². The van der Waals surface area contributed by atoms with Gasteiger partial charge in [-0.25, -0.2) is 4.39 Å². The minimum Gasteiger partial charge on any atom is -0.492 e. The van der Waals surface area contributed by atoms with Crippen LogP contribution in [0, 0.1) is 17.1 Å². The Labute approximate surface area is 155 Å². The van der Waals surface area contributed by atoms with Crippen molar-refractivity contribution in [2.24, 2.45) is 0 Å². The molecule has 0 aliphatic carbocycles. The molecule has 0 bridgehead atoms. The Hall–Kier alpha value is -3.66. The van der Waals surface area contributed by atoms with Crippen molar-refractivity contribution in [2.75, 3.05) is 17.2 Å². The molecule has 0 saturated carbocycles. The van der Waals surface area contributed by atoms with Gasteiger partial charge in [-0.2, -0.15) is 5.26 Å². The first-order valence-corrected chi connectivity index (χ1v) is 8.31. The number of carbonyl (C=O) groups excluding carboxylic acids is 1. The van der Waals surface area contributed by atoms with Crippen LogP contribution in [-0.2, 0) is 4.79 Å². The molecule has 0 fully saturated rings. The Balaban J connectivity index is 2.20. The molecule has 7 heteroatoms. The molecule has 0 saturated heterocycles. The van der Waals surface area contributed by atoms with E-state index in [4.69, 9.17) is 4.74 Å². The number of nitriles is 1. The lowest BCUT2D eigenvalue weighted by Gasteiger charge is -2.15. The molecule has 0 unspecified atom stereocenters. The largest absolute Gasteiger partial charge is 0.492 e. The van der Waals surface area contributed by atoms with E-state index in [9.17, 15) is 14.4 Å². The molecular formula is C20H17FN4O2. The molecule has 6 nitrogen and oxygen atoms in total. The molecule has 0 spiro atoms. The van der Waals surface area contributed by atoms with Crippen LogP contribution in [0.25, 0.3) is 10.9 Å². The number of hydrogen-bond acceptors (Lipinski definition) is 5. The van der Waals surface area contributed by atoms with Gasteiger partial charge in [0.05, 0.1) is 29.1 Å². The summed E-state index contributed by atoms with van der Waals surface area (Å²) in [6.45, 7) is 3.66. The second-order valence-corrected chi connectivity index (χ2v) is 5.77. The normalized spacial score (nSPS) is 10.3. The summed E-state index contributed by atoms with van der Waals surface area (Å²) >= 11 is 0. The van der Waals surface area contributed by atoms with Crippen molar-refractivity contribution >= 4 is 33.9 Å². The van der Waals surface area contributed by atoms with Crippen LogP contribution in [0.5, 0.6) is 5.75 Å². The SMILES string of the molecule is CCOc1cc2ncc(C#N)c(Nc3cccc(F)c3)c2cc1NC(C)=O. The number of benzene rings is 2. The highest BCUT2D eigenvalue weighted by Crippen LogP contribution is 2.36. The molecular weight excluding hydrogens is 347 g/mol. The Kier molecular flexibility index (Phi) is 5.18. The first-order valence-electron chi connectivity index (χ1n) is 8.31. The van der Waals surface area contributed by atoms with Crippen molar-refractivity contribution in [3.8, 4) is 11.8 Å². The lowest BCUT2D eigenvalue weighted by atomic mass is 10.1. The van der Waals surface area contributed by atoms with Gasteiger partial charge in [0.15, 0.2) is 0 Å². The lowest BCUT2D eigenvalue weighted by Crippen LogP contribution is -2.08. The zero-order valence-electron chi connectivity index (χ0n) is 14.8. The molecule has 1 aromatic heterocycles. The minimum absolute atomic E-state index is 0.251. The maximum Gasteiger partial charge on any atom is 0.221 e. The number of nitrogens with one attached hydrogen (secondary N) is 2. The van der Waals surface area contributed by atoms with Gasteiger partial charge in [-0.15, -0.1) is 0 Å². The van der Waals surface area contributed by atoms with E-state index in [0.29, 0.717) is 45.9 Å². The summed E-state index contributed by atoms with van der Waals surface area (Å²) < 4.78 is 19.1. The number of halogens is 1. The Morgan fingerprint density at radius 3 is 2.81 bits per heavy atom. The van der Waals surface area contributed by atoms with Crippen LogP contribution >= 0.6 is 0 Å². The van der Waals surface area contributed by atoms with Gasteiger partial charge in [0.2, 0.25) is 5.91 Å². The molecule has 2 N–H and O–H groups in total. The van der Waals surface area contributed by atoms with Crippen molar-refractivity contribution in [3.63, 3.8) is 0 Å². The second kappa shape index (κ2) is 7.70. The lowest BCUT2D eigenvalue weighted by molar-refractivity contribution is -0.114. The fraction of sp³-hybridized carbons (Fsp3) is 0.150. The van der Waals surface area contributed by atoms with Gasteiger partial charge in [0.25, 0.3) is 0 Å². The summed E-state index contributed by atoms with van der Waals surface area (Å²) in [4.78, 5) is 15.9. The maximum atomic E-state index is 13.5. The smallest absolute Gasteiger partial charge is 0.221 e. The fourth-order valence-electron chi connectivity index (χ4n) is 2.71. The highest BCUT2D eigenvalue weighted by molar-refractivity contribution is 6.01. The van der Waals surface area contributed by atoms with Gasteiger partial charge in [-0.3, -0.25) is 9.78 Å². The summed E-state index contributed by atoms with van der Waals surface area (Å²) in [7, 11) is 0. The molecule has 3 aromatic rings. The van der Waals surface area contributed by atoms with Crippen molar-refractivity contribution in [2.45, 2.75) is 13.8 Å². The monoisotopic (exact) mass is 364 g/mol. The second-order valence-electron chi connectivity index (χ2n) is 5.77. The van der Waals surface area contributed by atoms with Crippen LogP contribution in [-0.4, -0.2) is 17.5 Å². The predicted octanol–water partition coefficient (Wildman–Crippen LogP) is 4.35. The van der Waals surface area contributed by atoms with E-state index in [1.165, 1.54) is 25.3 Å². The topological polar surface area (TPSA) is 87.0 Å².